The van der Waals surface area contributed by atoms with Crippen molar-refractivity contribution in [2.75, 3.05) is 7.11 Å². The van der Waals surface area contributed by atoms with Crippen molar-refractivity contribution in [1.82, 2.24) is 0 Å². The Hall–Kier alpha value is -1.71. The fourth-order valence-corrected chi connectivity index (χ4v) is 0.970. The second-order valence-electron chi connectivity index (χ2n) is 2.57. The number of hydrogen-bond acceptors (Lipinski definition) is 2. The number of ether oxygens (including phenoxy) is 1. The first-order valence-electron chi connectivity index (χ1n) is 3.79. The van der Waals surface area contributed by atoms with Gasteiger partial charge < -0.3 is 4.74 Å². The van der Waals surface area contributed by atoms with Crippen LogP contribution < -0.4 is 0 Å². The predicted molar refractivity (Wildman–Crippen MR) is 47.4 cm³/mol. The van der Waals surface area contributed by atoms with Crippen LogP contribution in [0.3, 0.4) is 0 Å². The quantitative estimate of drug-likeness (QED) is 0.537. The van der Waals surface area contributed by atoms with E-state index in [4.69, 9.17) is 0 Å². The van der Waals surface area contributed by atoms with E-state index in [1.54, 1.807) is 0 Å². The zero-order chi connectivity index (χ0) is 10.7. The van der Waals surface area contributed by atoms with Crippen molar-refractivity contribution < 1.29 is 18.3 Å². The Bertz CT molecular complexity index is 386. The van der Waals surface area contributed by atoms with E-state index in [0.29, 0.717) is 0 Å². The second kappa shape index (κ2) is 4.00. The zero-order valence-electron chi connectivity index (χ0n) is 7.51. The molecule has 0 spiro atoms. The molecule has 0 saturated carbocycles. The molecule has 0 bridgehead atoms. The van der Waals surface area contributed by atoms with Crippen LogP contribution in [0.25, 0.3) is 5.57 Å². The summed E-state index contributed by atoms with van der Waals surface area (Å²) in [6, 6.07) is 3.52. The average molecular weight is 198 g/mol. The zero-order valence-corrected chi connectivity index (χ0v) is 7.51. The highest BCUT2D eigenvalue weighted by Gasteiger charge is 2.16. The molecule has 0 atom stereocenters. The molecule has 0 fully saturated rings. The number of esters is 1. The van der Waals surface area contributed by atoms with Gasteiger partial charge in [0.2, 0.25) is 0 Å². The summed E-state index contributed by atoms with van der Waals surface area (Å²) in [7, 11) is 1.14. The molecule has 4 heteroatoms. The molecule has 0 aliphatic carbocycles. The van der Waals surface area contributed by atoms with E-state index in [0.717, 1.165) is 13.2 Å². The molecule has 0 unspecified atom stereocenters. The van der Waals surface area contributed by atoms with Gasteiger partial charge in [0.15, 0.2) is 11.6 Å². The van der Waals surface area contributed by atoms with Crippen LogP contribution in [0, 0.1) is 11.6 Å². The summed E-state index contributed by atoms with van der Waals surface area (Å²) in [6.45, 7) is 3.32. The fraction of sp³-hybridized carbons (Fsp3) is 0.100. The van der Waals surface area contributed by atoms with Crippen LogP contribution in [0.1, 0.15) is 5.56 Å². The summed E-state index contributed by atoms with van der Waals surface area (Å²) >= 11 is 0. The Morgan fingerprint density at radius 1 is 1.43 bits per heavy atom. The third-order valence-electron chi connectivity index (χ3n) is 1.71. The van der Waals surface area contributed by atoms with Gasteiger partial charge in [-0.25, -0.2) is 13.6 Å². The highest BCUT2D eigenvalue weighted by Crippen LogP contribution is 2.19. The molecule has 0 saturated heterocycles. The lowest BCUT2D eigenvalue weighted by molar-refractivity contribution is -0.133. The van der Waals surface area contributed by atoms with E-state index in [9.17, 15) is 13.6 Å². The van der Waals surface area contributed by atoms with Crippen LogP contribution in [0.15, 0.2) is 24.8 Å². The van der Waals surface area contributed by atoms with Crippen LogP contribution >= 0.6 is 0 Å². The number of hydrogen-bond donors (Lipinski definition) is 0. The molecule has 1 aromatic rings. The molecule has 1 rings (SSSR count). The van der Waals surface area contributed by atoms with Crippen LogP contribution in [0.2, 0.25) is 0 Å². The van der Waals surface area contributed by atoms with Gasteiger partial charge in [0.05, 0.1) is 12.7 Å². The van der Waals surface area contributed by atoms with Crippen molar-refractivity contribution >= 4 is 11.5 Å². The van der Waals surface area contributed by atoms with Gasteiger partial charge in [-0.3, -0.25) is 0 Å². The number of benzene rings is 1. The molecule has 0 heterocycles. The van der Waals surface area contributed by atoms with E-state index >= 15 is 0 Å². The van der Waals surface area contributed by atoms with Gasteiger partial charge in [0, 0.05) is 5.56 Å². The maximum absolute atomic E-state index is 13.1. The Morgan fingerprint density at radius 2 is 2.07 bits per heavy atom. The van der Waals surface area contributed by atoms with Crippen LogP contribution in [0.4, 0.5) is 8.78 Å². The molecule has 0 aliphatic rings. The molecule has 74 valence electrons. The van der Waals surface area contributed by atoms with E-state index in [1.807, 2.05) is 0 Å². The summed E-state index contributed by atoms with van der Waals surface area (Å²) < 4.78 is 30.2. The summed E-state index contributed by atoms with van der Waals surface area (Å²) in [6.07, 6.45) is 0. The molecule has 0 radical (unpaired) electrons. The minimum atomic E-state index is -1.09. The molecule has 14 heavy (non-hydrogen) atoms. The maximum Gasteiger partial charge on any atom is 0.337 e. The van der Waals surface area contributed by atoms with Crippen molar-refractivity contribution in [1.29, 1.82) is 0 Å². The van der Waals surface area contributed by atoms with Crippen LogP contribution in [-0.2, 0) is 9.53 Å². The summed E-state index contributed by atoms with van der Waals surface area (Å²) in [5, 5.41) is 0. The van der Waals surface area contributed by atoms with E-state index in [2.05, 4.69) is 11.3 Å². The largest absolute Gasteiger partial charge is 0.465 e. The minimum absolute atomic E-state index is 0.183. The Morgan fingerprint density at radius 3 is 2.64 bits per heavy atom. The average Bonchev–Trinajstić information content (AvgIpc) is 2.20. The van der Waals surface area contributed by atoms with E-state index < -0.39 is 17.6 Å². The molecule has 0 amide bonds. The molecule has 0 N–H and O–H groups in total. The normalized spacial score (nSPS) is 9.64. The standard InChI is InChI=1S/C10H8F2O2/c1-6(10(13)14-2)7-4-3-5-8(11)9(7)12/h3-5H,1H2,2H3. The third kappa shape index (κ3) is 1.79. The number of halogens is 2. The number of carbonyl (C=O) groups excluding carboxylic acids is 1. The Balaban J connectivity index is 3.14. The number of carbonyl (C=O) groups is 1. The summed E-state index contributed by atoms with van der Waals surface area (Å²) in [5.41, 5.74) is -0.388. The SMILES string of the molecule is C=C(C(=O)OC)c1cccc(F)c1F. The highest BCUT2D eigenvalue weighted by molar-refractivity contribution is 6.15. The highest BCUT2D eigenvalue weighted by atomic mass is 19.2. The number of methoxy groups -OCH3 is 1. The first-order chi connectivity index (χ1) is 6.57. The van der Waals surface area contributed by atoms with Crippen LogP contribution in [0.5, 0.6) is 0 Å². The van der Waals surface area contributed by atoms with Crippen molar-refractivity contribution in [3.05, 3.63) is 42.0 Å². The third-order valence-corrected chi connectivity index (χ3v) is 1.71. The van der Waals surface area contributed by atoms with E-state index in [-0.39, 0.29) is 11.1 Å². The van der Waals surface area contributed by atoms with Crippen molar-refractivity contribution in [3.63, 3.8) is 0 Å². The van der Waals surface area contributed by atoms with E-state index in [1.165, 1.54) is 12.1 Å². The topological polar surface area (TPSA) is 26.3 Å². The van der Waals surface area contributed by atoms with Gasteiger partial charge in [-0.15, -0.1) is 0 Å². The molecular formula is C10H8F2O2. The second-order valence-corrected chi connectivity index (χ2v) is 2.57. The van der Waals surface area contributed by atoms with Gasteiger partial charge in [-0.2, -0.15) is 0 Å². The molecule has 0 aromatic heterocycles. The maximum atomic E-state index is 13.1. The first kappa shape index (κ1) is 10.4. The lowest BCUT2D eigenvalue weighted by atomic mass is 10.1. The van der Waals surface area contributed by atoms with Gasteiger partial charge in [-0.1, -0.05) is 18.7 Å². The van der Waals surface area contributed by atoms with Crippen LogP contribution in [-0.4, -0.2) is 13.1 Å². The molecule has 1 aromatic carbocycles. The lowest BCUT2D eigenvalue weighted by Gasteiger charge is -2.04. The Kier molecular flexibility index (Phi) is 2.96. The smallest absolute Gasteiger partial charge is 0.337 e. The van der Waals surface area contributed by atoms with Gasteiger partial charge >= 0.3 is 5.97 Å². The van der Waals surface area contributed by atoms with Crippen molar-refractivity contribution in [2.24, 2.45) is 0 Å². The minimum Gasteiger partial charge on any atom is -0.465 e. The first-order valence-corrected chi connectivity index (χ1v) is 3.79. The fourth-order valence-electron chi connectivity index (χ4n) is 0.970. The summed E-state index contributed by atoms with van der Waals surface area (Å²) in [5.74, 6) is -2.90. The Labute approximate surface area is 79.8 Å². The van der Waals surface area contributed by atoms with Gasteiger partial charge in [-0.05, 0) is 6.07 Å². The molecule has 2 nitrogen and oxygen atoms in total. The van der Waals surface area contributed by atoms with Crippen molar-refractivity contribution in [3.8, 4) is 0 Å². The number of rotatable bonds is 2. The van der Waals surface area contributed by atoms with Gasteiger partial charge in [0.25, 0.3) is 0 Å². The molecular weight excluding hydrogens is 190 g/mol. The van der Waals surface area contributed by atoms with Crippen molar-refractivity contribution in [2.45, 2.75) is 0 Å². The summed E-state index contributed by atoms with van der Waals surface area (Å²) in [4.78, 5) is 11.0. The van der Waals surface area contributed by atoms with Gasteiger partial charge in [0.1, 0.15) is 0 Å². The lowest BCUT2D eigenvalue weighted by Crippen LogP contribution is -2.05. The predicted octanol–water partition coefficient (Wildman–Crippen LogP) is 2.15. The molecule has 0 aliphatic heterocycles. The monoisotopic (exact) mass is 198 g/mol.